The standard InChI is InChI=1S/C58H79N9O13.C17H33NO2/c1-4-38-14-10-8-6-5-7-9-13-27-67(33-51(72)61-48(58(79)80)30-37-19-23-41(70)24-20-37)57(78)47(28-35(2)3)65-54(75)45(29-36-17-21-40(69)22-18-36)64-53(74)44(25-26-50(59)71)62-56(77)49(34-68)66-55(76)46(63-52(38)73)31-39-32-60-43-16-12-11-15-42(39)43;1-4-6-8-13-18-14-9-7-10-16(5-2)17(20)12-11-15(3)19/h11-12,15-24,32,35,38,44-49,60,68-70H,4-10,13-14,25-31,33-34H2,1-3H3,(H2,59,71)(H,61,72)(H,62,77)(H,63,73)(H,64,74)(H,65,75)(H,66,76)(H,79,80);16,18H,4-14H2,1-3H3/t38-,44-,45?,46-,47-,48-,49?;/m0./s1. The second-order valence-electron chi connectivity index (χ2n) is 26.7. The number of benzene rings is 3. The second kappa shape index (κ2) is 45.9. The number of fused-ring (bicyclic) bond motifs is 1. The number of nitrogens with one attached hydrogen (secondary N) is 8. The van der Waals surface area contributed by atoms with Crippen molar-refractivity contribution >= 4 is 75.7 Å². The van der Waals surface area contributed by atoms with E-state index >= 15 is 0 Å². The highest BCUT2D eigenvalue weighted by atomic mass is 16.4. The van der Waals surface area contributed by atoms with Crippen LogP contribution >= 0.6 is 0 Å². The molecule has 3 aromatic carbocycles. The molecule has 25 heteroatoms. The number of carboxylic acid groups (broad SMARTS) is 1. The van der Waals surface area contributed by atoms with Crippen LogP contribution in [0.1, 0.15) is 193 Å². The van der Waals surface area contributed by atoms with Crippen LogP contribution in [-0.2, 0) is 72.0 Å². The number of aliphatic carboxylic acids is 1. The molecular weight excluding hydrogens is 1280 g/mol. The van der Waals surface area contributed by atoms with Gasteiger partial charge in [-0.25, -0.2) is 4.79 Å². The van der Waals surface area contributed by atoms with Crippen molar-refractivity contribution < 1.29 is 73.2 Å². The number of aromatic hydroxyl groups is 2. The molecule has 4 aromatic rings. The van der Waals surface area contributed by atoms with Gasteiger partial charge in [-0.3, -0.25) is 43.2 Å². The zero-order valence-electron chi connectivity index (χ0n) is 59.5. The van der Waals surface area contributed by atoms with E-state index in [1.807, 2.05) is 45.0 Å². The van der Waals surface area contributed by atoms with Gasteiger partial charge in [0.2, 0.25) is 47.3 Å². The number of aromatic nitrogens is 1. The molecule has 25 nitrogen and oxygen atoms in total. The molecule has 0 bridgehead atoms. The Hall–Kier alpha value is -8.71. The van der Waals surface area contributed by atoms with E-state index in [4.69, 9.17) is 5.73 Å². The van der Waals surface area contributed by atoms with Gasteiger partial charge in [-0.15, -0.1) is 0 Å². The number of aliphatic hydroxyl groups is 1. The fourth-order valence-electron chi connectivity index (χ4n) is 12.1. The largest absolute Gasteiger partial charge is 0.508 e. The topological polar surface area (TPSA) is 398 Å². The number of Topliss-reactive ketones (excluding diaryl/α,β-unsaturated/α-hetero) is 2. The maximum absolute atomic E-state index is 14.8. The number of ketones is 2. The van der Waals surface area contributed by atoms with Gasteiger partial charge in [-0.1, -0.05) is 135 Å². The molecule has 1 fully saturated rings. The van der Waals surface area contributed by atoms with Crippen LogP contribution < -0.4 is 43.0 Å². The number of para-hydroxylation sites is 1. The number of primary amides is 1. The maximum Gasteiger partial charge on any atom is 0.326 e. The quantitative estimate of drug-likeness (QED) is 0.0231. The molecule has 1 aliphatic rings. The summed E-state index contributed by atoms with van der Waals surface area (Å²) in [5, 5.41) is 60.6. The van der Waals surface area contributed by atoms with Gasteiger partial charge in [0.25, 0.3) is 0 Å². The molecular formula is C75H112N10O15. The van der Waals surface area contributed by atoms with Crippen molar-refractivity contribution in [3.63, 3.8) is 0 Å². The number of carbonyl (C=O) groups excluding carboxylic acids is 10. The highest BCUT2D eigenvalue weighted by Crippen LogP contribution is 2.23. The smallest absolute Gasteiger partial charge is 0.326 e. The first-order chi connectivity index (χ1) is 47.9. The number of hydrogen-bond donors (Lipinski definition) is 13. The molecule has 0 saturated carbocycles. The molecule has 8 atom stereocenters. The molecule has 1 aliphatic heterocycles. The molecule has 5 rings (SSSR count). The zero-order chi connectivity index (χ0) is 73.5. The van der Waals surface area contributed by atoms with Crippen LogP contribution in [0.3, 0.4) is 0 Å². The molecule has 0 aliphatic carbocycles. The van der Waals surface area contributed by atoms with Crippen LogP contribution in [0.4, 0.5) is 0 Å². The number of carbonyl (C=O) groups is 11. The number of aliphatic hydroxyl groups excluding tert-OH is 1. The van der Waals surface area contributed by atoms with Crippen LogP contribution in [0, 0.1) is 17.8 Å². The Labute approximate surface area is 588 Å². The summed E-state index contributed by atoms with van der Waals surface area (Å²) in [6.07, 6.45) is 15.5. The average Bonchev–Trinajstić information content (AvgIpc) is 1.64. The van der Waals surface area contributed by atoms with E-state index in [0.717, 1.165) is 75.4 Å². The van der Waals surface area contributed by atoms with Crippen molar-refractivity contribution in [1.29, 1.82) is 0 Å². The third kappa shape index (κ3) is 31.2. The molecule has 3 unspecified atom stereocenters. The van der Waals surface area contributed by atoms with Crippen molar-refractivity contribution in [1.82, 2.24) is 47.1 Å². The maximum atomic E-state index is 14.8. The number of carboxylic acids is 1. The first kappa shape index (κ1) is 83.7. The molecule has 8 amide bonds. The van der Waals surface area contributed by atoms with E-state index in [2.05, 4.69) is 56.0 Å². The van der Waals surface area contributed by atoms with Gasteiger partial charge in [0, 0.05) is 74.0 Å². The lowest BCUT2D eigenvalue weighted by Crippen LogP contribution is -2.60. The van der Waals surface area contributed by atoms with Crippen molar-refractivity contribution in [2.24, 2.45) is 23.5 Å². The number of rotatable bonds is 31. The Morgan fingerprint density at radius 1 is 0.640 bits per heavy atom. The highest BCUT2D eigenvalue weighted by Gasteiger charge is 2.36. The van der Waals surface area contributed by atoms with Crippen molar-refractivity contribution in [2.45, 2.75) is 232 Å². The summed E-state index contributed by atoms with van der Waals surface area (Å²) in [4.78, 5) is 152. The third-order valence-electron chi connectivity index (χ3n) is 18.0. The summed E-state index contributed by atoms with van der Waals surface area (Å²) < 4.78 is 0. The lowest BCUT2D eigenvalue weighted by atomic mass is 9.92. The third-order valence-corrected chi connectivity index (χ3v) is 18.0. The van der Waals surface area contributed by atoms with Crippen LogP contribution in [0.2, 0.25) is 0 Å². The highest BCUT2D eigenvalue weighted by molar-refractivity contribution is 5.98. The lowest BCUT2D eigenvalue weighted by Gasteiger charge is -2.30. The van der Waals surface area contributed by atoms with Gasteiger partial charge < -0.3 is 78.1 Å². The molecule has 552 valence electrons. The van der Waals surface area contributed by atoms with Crippen LogP contribution in [-0.4, -0.2) is 164 Å². The molecule has 1 aromatic heterocycles. The number of nitrogens with zero attached hydrogens (tertiary/aromatic N) is 1. The summed E-state index contributed by atoms with van der Waals surface area (Å²) >= 11 is 0. The minimum absolute atomic E-state index is 0.00770. The number of phenols is 2. The van der Waals surface area contributed by atoms with E-state index in [0.29, 0.717) is 61.6 Å². The second-order valence-corrected chi connectivity index (χ2v) is 26.7. The van der Waals surface area contributed by atoms with Gasteiger partial charge in [0.1, 0.15) is 59.3 Å². The minimum atomic E-state index is -1.68. The average molecular weight is 1390 g/mol. The first-order valence-electron chi connectivity index (χ1n) is 35.9. The predicted molar refractivity (Wildman–Crippen MR) is 382 cm³/mol. The number of hydrogen-bond acceptors (Lipinski definition) is 15. The summed E-state index contributed by atoms with van der Waals surface area (Å²) in [6, 6.07) is 10.3. The van der Waals surface area contributed by atoms with E-state index < -0.39 is 115 Å². The van der Waals surface area contributed by atoms with Crippen LogP contribution in [0.15, 0.2) is 79.0 Å². The number of amides is 8. The van der Waals surface area contributed by atoms with Gasteiger partial charge in [-0.05, 0) is 131 Å². The normalized spacial score (nSPS) is 19.7. The summed E-state index contributed by atoms with van der Waals surface area (Å²) in [5.74, 6) is -7.89. The number of unbranched alkanes of at least 4 members (excludes halogenated alkanes) is 3. The molecule has 1 saturated heterocycles. The van der Waals surface area contributed by atoms with Crippen LogP contribution in [0.25, 0.3) is 10.9 Å². The summed E-state index contributed by atoms with van der Waals surface area (Å²) in [5.41, 5.74) is 7.97. The lowest BCUT2D eigenvalue weighted by molar-refractivity contribution is -0.143. The Morgan fingerprint density at radius 2 is 1.20 bits per heavy atom. The zero-order valence-corrected chi connectivity index (χ0v) is 59.5. The molecule has 2 heterocycles. The number of nitrogens with two attached hydrogens (primary N) is 1. The fourth-order valence-corrected chi connectivity index (χ4v) is 12.1. The fraction of sp³-hybridized carbons (Fsp3) is 0.587. The molecule has 0 radical (unpaired) electrons. The van der Waals surface area contributed by atoms with Crippen LogP contribution in [0.5, 0.6) is 11.5 Å². The van der Waals surface area contributed by atoms with Gasteiger partial charge in [-0.2, -0.15) is 0 Å². The summed E-state index contributed by atoms with van der Waals surface area (Å²) in [7, 11) is 0. The summed E-state index contributed by atoms with van der Waals surface area (Å²) in [6.45, 7) is 12.1. The minimum Gasteiger partial charge on any atom is -0.508 e. The Morgan fingerprint density at radius 3 is 1.80 bits per heavy atom. The monoisotopic (exact) mass is 1390 g/mol. The van der Waals surface area contributed by atoms with E-state index in [9.17, 15) is 73.2 Å². The number of H-pyrrole nitrogens is 1. The Balaban J connectivity index is 0.000000914. The first-order valence-corrected chi connectivity index (χ1v) is 35.9. The van der Waals surface area contributed by atoms with Crippen molar-refractivity contribution in [2.75, 3.05) is 32.8 Å². The predicted octanol–water partition coefficient (Wildman–Crippen LogP) is 6.79. The van der Waals surface area contributed by atoms with Gasteiger partial charge >= 0.3 is 5.97 Å². The van der Waals surface area contributed by atoms with E-state index in [1.54, 1.807) is 13.1 Å². The van der Waals surface area contributed by atoms with Gasteiger partial charge in [0.05, 0.1) is 13.2 Å². The Bertz CT molecular complexity index is 3230. The van der Waals surface area contributed by atoms with E-state index in [1.165, 1.54) is 72.7 Å². The van der Waals surface area contributed by atoms with Crippen molar-refractivity contribution in [3.05, 3.63) is 95.7 Å². The number of phenolic OH excluding ortho intramolecular Hbond substituents is 2. The molecule has 0 spiro atoms. The molecule has 100 heavy (non-hydrogen) atoms. The molecule has 14 N–H and O–H groups in total. The number of aromatic amines is 1. The SMILES string of the molecule is CCCCCNCCCCC(CC)C(=O)CCC(C)=O.CC[C@H]1CCCCCCCCCN(CC(=O)N[C@@H](Cc2ccc(O)cc2)C(=O)O)C(=O)[C@H](CC(C)C)NC(=O)C(Cc2ccc(O)cc2)NC(=O)[C@H](CCC(N)=O)NC(=O)C(CO)NC(=O)[C@H](Cc2c[nH]c3ccccc23)NC1=O. The van der Waals surface area contributed by atoms with Gasteiger partial charge in [0.15, 0.2) is 0 Å². The van der Waals surface area contributed by atoms with E-state index in [-0.39, 0.29) is 73.0 Å². The Kier molecular flexibility index (Phi) is 38.4. The van der Waals surface area contributed by atoms with Crippen molar-refractivity contribution in [3.8, 4) is 11.5 Å².